The molecule has 1 amide bonds. The first kappa shape index (κ1) is 14.1. The molecule has 3 rings (SSSR count). The third kappa shape index (κ3) is 2.65. The highest BCUT2D eigenvalue weighted by atomic mass is 16.5. The van der Waals surface area contributed by atoms with Gasteiger partial charge in [-0.15, -0.1) is 0 Å². The van der Waals surface area contributed by atoms with Gasteiger partial charge < -0.3 is 14.6 Å². The van der Waals surface area contributed by atoms with Crippen molar-refractivity contribution in [2.75, 3.05) is 6.61 Å². The van der Waals surface area contributed by atoms with Crippen LogP contribution < -0.4 is 16.6 Å². The van der Waals surface area contributed by atoms with Crippen molar-refractivity contribution in [1.82, 2.24) is 14.9 Å². The van der Waals surface area contributed by atoms with Crippen LogP contribution in [0.4, 0.5) is 0 Å². The normalized spacial score (nSPS) is 23.6. The van der Waals surface area contributed by atoms with Gasteiger partial charge in [0.1, 0.15) is 5.56 Å². The Labute approximate surface area is 121 Å². The summed E-state index contributed by atoms with van der Waals surface area (Å²) >= 11 is 0. The molecule has 1 atom stereocenters. The minimum atomic E-state index is -0.662. The Morgan fingerprint density at radius 1 is 1.43 bits per heavy atom. The molecular weight excluding hydrogens is 274 g/mol. The maximum atomic E-state index is 12.2. The van der Waals surface area contributed by atoms with E-state index in [1.165, 1.54) is 30.7 Å². The zero-order valence-electron chi connectivity index (χ0n) is 12.0. The van der Waals surface area contributed by atoms with Crippen molar-refractivity contribution < 1.29 is 9.53 Å². The van der Waals surface area contributed by atoms with Crippen LogP contribution in [0.2, 0.25) is 0 Å². The molecule has 1 aromatic rings. The zero-order valence-corrected chi connectivity index (χ0v) is 12.0. The lowest BCUT2D eigenvalue weighted by Gasteiger charge is -2.21. The highest BCUT2D eigenvalue weighted by molar-refractivity contribution is 5.93. The number of nitrogens with one attached hydrogen (secondary N) is 2. The number of hydrogen-bond donors (Lipinski definition) is 2. The van der Waals surface area contributed by atoms with Crippen molar-refractivity contribution in [3.8, 4) is 0 Å². The molecule has 1 aromatic heterocycles. The van der Waals surface area contributed by atoms with Crippen molar-refractivity contribution in [1.29, 1.82) is 0 Å². The molecule has 0 aromatic carbocycles. The second kappa shape index (κ2) is 5.14. The van der Waals surface area contributed by atoms with Gasteiger partial charge in [0.05, 0.1) is 18.2 Å². The predicted octanol–water partition coefficient (Wildman–Crippen LogP) is -0.0949. The van der Waals surface area contributed by atoms with Crippen molar-refractivity contribution in [2.24, 2.45) is 7.05 Å². The van der Waals surface area contributed by atoms with E-state index in [-0.39, 0.29) is 17.2 Å². The third-order valence-corrected chi connectivity index (χ3v) is 4.41. The maximum Gasteiger partial charge on any atom is 0.328 e. The van der Waals surface area contributed by atoms with Crippen LogP contribution in [0.1, 0.15) is 42.5 Å². The average Bonchev–Trinajstić information content (AvgIpc) is 3.05. The van der Waals surface area contributed by atoms with Gasteiger partial charge in [-0.25, -0.2) is 4.79 Å². The van der Waals surface area contributed by atoms with Crippen molar-refractivity contribution in [3.05, 3.63) is 32.6 Å². The van der Waals surface area contributed by atoms with E-state index >= 15 is 0 Å². The highest BCUT2D eigenvalue weighted by Crippen LogP contribution is 2.40. The molecule has 2 aliphatic rings. The predicted molar refractivity (Wildman–Crippen MR) is 75.3 cm³/mol. The molecule has 1 saturated carbocycles. The van der Waals surface area contributed by atoms with Crippen molar-refractivity contribution in [2.45, 2.75) is 43.7 Å². The lowest BCUT2D eigenvalue weighted by molar-refractivity contribution is 0.00987. The lowest BCUT2D eigenvalue weighted by atomic mass is 9.96. The first-order valence-electron chi connectivity index (χ1n) is 7.24. The molecule has 1 saturated heterocycles. The fraction of sp³-hybridized carbons (Fsp3) is 0.643. The number of rotatable bonds is 2. The summed E-state index contributed by atoms with van der Waals surface area (Å²) in [5.41, 5.74) is -1.33. The van der Waals surface area contributed by atoms with Gasteiger partial charge in [0.15, 0.2) is 0 Å². The van der Waals surface area contributed by atoms with E-state index in [2.05, 4.69) is 10.3 Å². The topological polar surface area (TPSA) is 93.2 Å². The van der Waals surface area contributed by atoms with Crippen LogP contribution in [0.3, 0.4) is 0 Å². The van der Waals surface area contributed by atoms with Gasteiger partial charge in [-0.3, -0.25) is 14.6 Å². The van der Waals surface area contributed by atoms with Gasteiger partial charge in [-0.2, -0.15) is 0 Å². The largest absolute Gasteiger partial charge is 0.373 e. The SMILES string of the molecule is Cn1cc(C(=O)N[C@H]2COC3(CCCC3)C2)c(=O)[nH]c1=O. The summed E-state index contributed by atoms with van der Waals surface area (Å²) in [5, 5.41) is 2.83. The molecule has 0 unspecified atom stereocenters. The number of carbonyl (C=O) groups excluding carboxylic acids is 1. The number of hydrogen-bond acceptors (Lipinski definition) is 4. The van der Waals surface area contributed by atoms with E-state index in [1.807, 2.05) is 0 Å². The molecule has 1 aliphatic carbocycles. The Morgan fingerprint density at radius 3 is 2.86 bits per heavy atom. The fourth-order valence-corrected chi connectivity index (χ4v) is 3.29. The van der Waals surface area contributed by atoms with Gasteiger partial charge in [0.2, 0.25) is 0 Å². The first-order valence-corrected chi connectivity index (χ1v) is 7.24. The Kier molecular flexibility index (Phi) is 3.44. The van der Waals surface area contributed by atoms with Gasteiger partial charge in [0.25, 0.3) is 11.5 Å². The minimum Gasteiger partial charge on any atom is -0.373 e. The fourth-order valence-electron chi connectivity index (χ4n) is 3.29. The van der Waals surface area contributed by atoms with E-state index in [1.54, 1.807) is 0 Å². The zero-order chi connectivity index (χ0) is 15.0. The molecule has 7 heteroatoms. The summed E-state index contributed by atoms with van der Waals surface area (Å²) in [6.45, 7) is 0.482. The van der Waals surface area contributed by atoms with Gasteiger partial charge in [-0.1, -0.05) is 12.8 Å². The standard InChI is InChI=1S/C14H19N3O4/c1-17-7-10(12(19)16-13(17)20)11(18)15-9-6-14(21-8-9)4-2-3-5-14/h7,9H,2-6,8H2,1H3,(H,15,18)(H,16,19,20)/t9-/m1/s1. The molecule has 7 nitrogen and oxygen atoms in total. The van der Waals surface area contributed by atoms with Gasteiger partial charge >= 0.3 is 5.69 Å². The molecule has 0 bridgehead atoms. The van der Waals surface area contributed by atoms with Crippen LogP contribution in [0.5, 0.6) is 0 Å². The molecule has 2 heterocycles. The second-order valence-corrected chi connectivity index (χ2v) is 5.99. The summed E-state index contributed by atoms with van der Waals surface area (Å²) in [4.78, 5) is 37.3. The molecule has 21 heavy (non-hydrogen) atoms. The Morgan fingerprint density at radius 2 is 2.14 bits per heavy atom. The Hall–Kier alpha value is -1.89. The molecule has 1 aliphatic heterocycles. The maximum absolute atomic E-state index is 12.2. The number of amides is 1. The Bertz CT molecular complexity index is 670. The summed E-state index contributed by atoms with van der Waals surface area (Å²) in [6, 6.07) is -0.0766. The number of aromatic amines is 1. The van der Waals surface area contributed by atoms with E-state index in [9.17, 15) is 14.4 Å². The number of aromatic nitrogens is 2. The van der Waals surface area contributed by atoms with Crippen LogP contribution in [0, 0.1) is 0 Å². The van der Waals surface area contributed by atoms with Crippen LogP contribution in [-0.2, 0) is 11.8 Å². The van der Waals surface area contributed by atoms with Gasteiger partial charge in [-0.05, 0) is 19.3 Å². The van der Waals surface area contributed by atoms with Crippen molar-refractivity contribution in [3.63, 3.8) is 0 Å². The first-order chi connectivity index (χ1) is 9.99. The number of aryl methyl sites for hydroxylation is 1. The van der Waals surface area contributed by atoms with E-state index < -0.39 is 17.2 Å². The monoisotopic (exact) mass is 293 g/mol. The van der Waals surface area contributed by atoms with E-state index in [0.717, 1.165) is 19.3 Å². The second-order valence-electron chi connectivity index (χ2n) is 5.99. The molecule has 2 N–H and O–H groups in total. The summed E-state index contributed by atoms with van der Waals surface area (Å²) in [6.07, 6.45) is 6.47. The van der Waals surface area contributed by atoms with Crippen LogP contribution >= 0.6 is 0 Å². The van der Waals surface area contributed by atoms with Crippen LogP contribution in [0.25, 0.3) is 0 Å². The minimum absolute atomic E-state index is 0.0514. The Balaban J connectivity index is 1.71. The van der Waals surface area contributed by atoms with E-state index in [0.29, 0.717) is 6.61 Å². The smallest absolute Gasteiger partial charge is 0.328 e. The number of nitrogens with zero attached hydrogens (tertiary/aromatic N) is 1. The number of H-pyrrole nitrogens is 1. The molecule has 114 valence electrons. The summed E-state index contributed by atoms with van der Waals surface area (Å²) < 4.78 is 7.05. The van der Waals surface area contributed by atoms with Crippen LogP contribution in [0.15, 0.2) is 15.8 Å². The lowest BCUT2D eigenvalue weighted by Crippen LogP contribution is -2.41. The third-order valence-electron chi connectivity index (χ3n) is 4.41. The molecular formula is C14H19N3O4. The molecule has 2 fully saturated rings. The summed E-state index contributed by atoms with van der Waals surface area (Å²) in [7, 11) is 1.49. The van der Waals surface area contributed by atoms with Crippen LogP contribution in [-0.4, -0.2) is 33.7 Å². The quantitative estimate of drug-likeness (QED) is 0.796. The highest BCUT2D eigenvalue weighted by Gasteiger charge is 2.42. The molecule has 1 spiro atoms. The average molecular weight is 293 g/mol. The van der Waals surface area contributed by atoms with E-state index in [4.69, 9.17) is 4.74 Å². The van der Waals surface area contributed by atoms with Gasteiger partial charge in [0, 0.05) is 13.2 Å². The number of ether oxygens (including phenoxy) is 1. The molecule has 0 radical (unpaired) electrons. The summed E-state index contributed by atoms with van der Waals surface area (Å²) in [5.74, 6) is -0.463. The van der Waals surface area contributed by atoms with Crippen molar-refractivity contribution >= 4 is 5.91 Å². The number of carbonyl (C=O) groups is 1.